The van der Waals surface area contributed by atoms with E-state index in [0.29, 0.717) is 16.9 Å². The average Bonchev–Trinajstić information content (AvgIpc) is 2.47. The molecular formula is C17H14ClFO3. The summed E-state index contributed by atoms with van der Waals surface area (Å²) in [4.78, 5) is 11.1. The number of hydrogen-bond acceptors (Lipinski definition) is 2. The van der Waals surface area contributed by atoms with Crippen LogP contribution in [0.15, 0.2) is 59.4 Å². The Morgan fingerprint density at radius 3 is 2.82 bits per heavy atom. The molecule has 1 aromatic carbocycles. The van der Waals surface area contributed by atoms with Crippen molar-refractivity contribution in [3.05, 3.63) is 70.6 Å². The van der Waals surface area contributed by atoms with Crippen LogP contribution in [0.5, 0.6) is 5.75 Å². The fourth-order valence-corrected chi connectivity index (χ4v) is 2.42. The van der Waals surface area contributed by atoms with Crippen molar-refractivity contribution in [2.45, 2.75) is 6.92 Å². The minimum Gasteiger partial charge on any atom is -0.489 e. The van der Waals surface area contributed by atoms with Crippen LogP contribution in [0.4, 0.5) is 4.39 Å². The van der Waals surface area contributed by atoms with E-state index in [2.05, 4.69) is 6.58 Å². The van der Waals surface area contributed by atoms with Gasteiger partial charge in [-0.25, -0.2) is 9.18 Å². The summed E-state index contributed by atoms with van der Waals surface area (Å²) in [6, 6.07) is 4.45. The van der Waals surface area contributed by atoms with Crippen molar-refractivity contribution in [3.63, 3.8) is 0 Å². The number of fused-ring (bicyclic) bond motifs is 1. The Morgan fingerprint density at radius 2 is 2.23 bits per heavy atom. The molecule has 0 unspecified atom stereocenters. The van der Waals surface area contributed by atoms with Gasteiger partial charge in [0.25, 0.3) is 0 Å². The third kappa shape index (κ3) is 3.12. The number of carboxylic acid groups (broad SMARTS) is 1. The number of rotatable bonds is 4. The van der Waals surface area contributed by atoms with Gasteiger partial charge >= 0.3 is 5.97 Å². The smallest absolute Gasteiger partial charge is 0.335 e. The Kier molecular flexibility index (Phi) is 4.83. The number of allylic oxidation sites excluding steroid dienone is 6. The monoisotopic (exact) mass is 320 g/mol. The summed E-state index contributed by atoms with van der Waals surface area (Å²) in [5, 5.41) is 9.38. The van der Waals surface area contributed by atoms with Crippen LogP contribution in [0.1, 0.15) is 22.8 Å². The summed E-state index contributed by atoms with van der Waals surface area (Å²) >= 11 is 6.04. The molecule has 0 amide bonds. The average molecular weight is 321 g/mol. The molecular weight excluding hydrogens is 307 g/mol. The van der Waals surface area contributed by atoms with Crippen LogP contribution in [0.3, 0.4) is 0 Å². The standard InChI is InChI=1S/C17H14ClFO3/c1-3-4-14(19)16(10(2)18)12-7-8-22-15-6-5-11(17(20)21)9-13(12)15/h3-7,9H,1,8H2,2H3,(H,20,21)/b14-4+,16-10+. The second kappa shape index (κ2) is 6.62. The highest BCUT2D eigenvalue weighted by Gasteiger charge is 2.22. The van der Waals surface area contributed by atoms with Crippen molar-refractivity contribution >= 4 is 23.1 Å². The molecule has 1 aromatic rings. The lowest BCUT2D eigenvalue weighted by Crippen LogP contribution is -2.09. The third-order valence-electron chi connectivity index (χ3n) is 3.16. The van der Waals surface area contributed by atoms with E-state index in [1.54, 1.807) is 19.1 Å². The number of halogens is 2. The SMILES string of the molecule is C=C/C=C(F)\C(C1=CCOc2ccc(C(=O)O)cc21)=C(/C)Cl. The maximum Gasteiger partial charge on any atom is 0.335 e. The minimum atomic E-state index is -1.07. The van der Waals surface area contributed by atoms with Gasteiger partial charge in [0, 0.05) is 16.2 Å². The van der Waals surface area contributed by atoms with Gasteiger partial charge in [-0.2, -0.15) is 0 Å². The molecule has 0 aromatic heterocycles. The molecule has 1 N–H and O–H groups in total. The van der Waals surface area contributed by atoms with Crippen molar-refractivity contribution in [1.29, 1.82) is 0 Å². The second-order valence-electron chi connectivity index (χ2n) is 4.60. The van der Waals surface area contributed by atoms with Crippen molar-refractivity contribution in [1.82, 2.24) is 0 Å². The molecule has 0 aliphatic carbocycles. The summed E-state index contributed by atoms with van der Waals surface area (Å²) in [6.07, 6.45) is 4.20. The zero-order valence-corrected chi connectivity index (χ0v) is 12.7. The molecule has 1 aliphatic heterocycles. The first-order valence-corrected chi connectivity index (χ1v) is 6.89. The van der Waals surface area contributed by atoms with Gasteiger partial charge in [0.1, 0.15) is 18.2 Å². The number of benzene rings is 1. The Balaban J connectivity index is 2.63. The van der Waals surface area contributed by atoms with Gasteiger partial charge in [0.2, 0.25) is 0 Å². The molecule has 0 radical (unpaired) electrons. The van der Waals surface area contributed by atoms with E-state index in [4.69, 9.17) is 21.4 Å². The first-order valence-electron chi connectivity index (χ1n) is 6.51. The zero-order valence-electron chi connectivity index (χ0n) is 11.9. The van der Waals surface area contributed by atoms with Gasteiger partial charge < -0.3 is 9.84 Å². The number of aromatic carboxylic acids is 1. The number of ether oxygens (including phenoxy) is 1. The predicted octanol–water partition coefficient (Wildman–Crippen LogP) is 4.71. The fourth-order valence-electron chi connectivity index (χ4n) is 2.23. The lowest BCUT2D eigenvalue weighted by atomic mass is 9.92. The van der Waals surface area contributed by atoms with Crippen molar-refractivity contribution in [3.8, 4) is 5.75 Å². The molecule has 0 atom stereocenters. The maximum atomic E-state index is 14.3. The van der Waals surface area contributed by atoms with E-state index in [1.807, 2.05) is 0 Å². The highest BCUT2D eigenvalue weighted by Crippen LogP contribution is 2.40. The van der Waals surface area contributed by atoms with Crippen LogP contribution >= 0.6 is 11.6 Å². The molecule has 0 saturated heterocycles. The van der Waals surface area contributed by atoms with E-state index in [1.165, 1.54) is 24.3 Å². The normalized spacial score (nSPS) is 15.2. The first-order chi connectivity index (χ1) is 10.5. The largest absolute Gasteiger partial charge is 0.489 e. The van der Waals surface area contributed by atoms with Crippen LogP contribution < -0.4 is 4.74 Å². The molecule has 1 heterocycles. The fraction of sp³-hybridized carbons (Fsp3) is 0.118. The van der Waals surface area contributed by atoms with Gasteiger partial charge in [0.05, 0.1) is 5.56 Å². The van der Waals surface area contributed by atoms with E-state index < -0.39 is 11.8 Å². The zero-order chi connectivity index (χ0) is 16.3. The lowest BCUT2D eigenvalue weighted by molar-refractivity contribution is 0.0697. The number of carboxylic acids is 1. The number of hydrogen-bond donors (Lipinski definition) is 1. The van der Waals surface area contributed by atoms with Crippen LogP contribution in [0.25, 0.3) is 5.57 Å². The Morgan fingerprint density at radius 1 is 1.50 bits per heavy atom. The van der Waals surface area contributed by atoms with E-state index >= 15 is 0 Å². The molecule has 0 saturated carbocycles. The predicted molar refractivity (Wildman–Crippen MR) is 84.8 cm³/mol. The quantitative estimate of drug-likeness (QED) is 0.817. The Bertz CT molecular complexity index is 725. The van der Waals surface area contributed by atoms with Crippen molar-refractivity contribution < 1.29 is 19.0 Å². The summed E-state index contributed by atoms with van der Waals surface area (Å²) in [5.74, 6) is -1.12. The summed E-state index contributed by atoms with van der Waals surface area (Å²) < 4.78 is 19.8. The van der Waals surface area contributed by atoms with Crippen LogP contribution in [0.2, 0.25) is 0 Å². The summed E-state index contributed by atoms with van der Waals surface area (Å²) in [5.41, 5.74) is 1.30. The topological polar surface area (TPSA) is 46.5 Å². The molecule has 114 valence electrons. The lowest BCUT2D eigenvalue weighted by Gasteiger charge is -2.21. The van der Waals surface area contributed by atoms with Gasteiger partial charge in [-0.3, -0.25) is 0 Å². The number of carbonyl (C=O) groups is 1. The molecule has 3 nitrogen and oxygen atoms in total. The highest BCUT2D eigenvalue weighted by molar-refractivity contribution is 6.31. The molecule has 2 rings (SSSR count). The van der Waals surface area contributed by atoms with Gasteiger partial charge in [-0.15, -0.1) is 0 Å². The summed E-state index contributed by atoms with van der Waals surface area (Å²) in [7, 11) is 0. The van der Waals surface area contributed by atoms with Crippen LogP contribution in [-0.4, -0.2) is 17.7 Å². The molecule has 5 heteroatoms. The van der Waals surface area contributed by atoms with Gasteiger partial charge in [-0.05, 0) is 42.8 Å². The Labute approximate surface area is 132 Å². The van der Waals surface area contributed by atoms with E-state index in [-0.39, 0.29) is 22.8 Å². The molecule has 22 heavy (non-hydrogen) atoms. The maximum absolute atomic E-state index is 14.3. The van der Waals surface area contributed by atoms with E-state index in [0.717, 1.165) is 0 Å². The molecule has 0 fully saturated rings. The van der Waals surface area contributed by atoms with Crippen molar-refractivity contribution in [2.75, 3.05) is 6.61 Å². The minimum absolute atomic E-state index is 0.0924. The first kappa shape index (κ1) is 16.0. The molecule has 0 bridgehead atoms. The Hall–Kier alpha value is -2.33. The van der Waals surface area contributed by atoms with Gasteiger partial charge in [-0.1, -0.05) is 24.3 Å². The van der Waals surface area contributed by atoms with Crippen LogP contribution in [-0.2, 0) is 0 Å². The van der Waals surface area contributed by atoms with Crippen LogP contribution in [0, 0.1) is 0 Å². The van der Waals surface area contributed by atoms with Gasteiger partial charge in [0.15, 0.2) is 0 Å². The molecule has 0 spiro atoms. The second-order valence-corrected chi connectivity index (χ2v) is 5.17. The highest BCUT2D eigenvalue weighted by atomic mass is 35.5. The third-order valence-corrected chi connectivity index (χ3v) is 3.35. The summed E-state index contributed by atoms with van der Waals surface area (Å²) in [6.45, 7) is 5.29. The van der Waals surface area contributed by atoms with Crippen molar-refractivity contribution in [2.24, 2.45) is 0 Å². The molecule has 1 aliphatic rings. The van der Waals surface area contributed by atoms with E-state index in [9.17, 15) is 9.18 Å².